The number of hydrogen-bond acceptors (Lipinski definition) is 4. The van der Waals surface area contributed by atoms with Crippen LogP contribution in [0, 0.1) is 0 Å². The first-order valence-electron chi connectivity index (χ1n) is 17.1. The molecule has 0 bridgehead atoms. The van der Waals surface area contributed by atoms with Crippen LogP contribution in [0.1, 0.15) is 0 Å². The minimum absolute atomic E-state index is 0.563. The lowest BCUT2D eigenvalue weighted by molar-refractivity contribution is 0.617. The van der Waals surface area contributed by atoms with Gasteiger partial charge in [0.2, 0.25) is 5.89 Å². The molecule has 4 nitrogen and oxygen atoms in total. The van der Waals surface area contributed by atoms with Gasteiger partial charge >= 0.3 is 0 Å². The Morgan fingerprint density at radius 3 is 1.88 bits per heavy atom. The van der Waals surface area contributed by atoms with Crippen LogP contribution < -0.4 is 4.90 Å². The van der Waals surface area contributed by atoms with Crippen molar-refractivity contribution < 1.29 is 8.83 Å². The third kappa shape index (κ3) is 4.96. The molecule has 0 atom stereocenters. The lowest BCUT2D eigenvalue weighted by Gasteiger charge is -2.27. The van der Waals surface area contributed by atoms with Gasteiger partial charge in [0.25, 0.3) is 0 Å². The topological polar surface area (TPSA) is 42.4 Å². The van der Waals surface area contributed by atoms with E-state index in [1.165, 1.54) is 21.9 Å². The van der Waals surface area contributed by atoms with Gasteiger partial charge in [-0.3, -0.25) is 0 Å². The van der Waals surface area contributed by atoms with Crippen LogP contribution in [0.5, 0.6) is 0 Å². The molecule has 4 heteroatoms. The monoisotopic (exact) mass is 654 g/mol. The fraction of sp³-hybridized carbons (Fsp3) is 0. The summed E-state index contributed by atoms with van der Waals surface area (Å²) in [6, 6.07) is 63.3. The van der Waals surface area contributed by atoms with E-state index in [1.807, 2.05) is 54.6 Å². The van der Waals surface area contributed by atoms with E-state index >= 15 is 0 Å². The van der Waals surface area contributed by atoms with Crippen molar-refractivity contribution in [3.05, 3.63) is 182 Å². The van der Waals surface area contributed by atoms with E-state index < -0.39 is 0 Å². The second-order valence-corrected chi connectivity index (χ2v) is 12.8. The van der Waals surface area contributed by atoms with Gasteiger partial charge in [-0.1, -0.05) is 133 Å². The maximum Gasteiger partial charge on any atom is 0.227 e. The maximum atomic E-state index is 6.54. The molecule has 0 amide bonds. The highest BCUT2D eigenvalue weighted by Gasteiger charge is 2.26. The average Bonchev–Trinajstić information content (AvgIpc) is 3.80. The normalized spacial score (nSPS) is 11.5. The van der Waals surface area contributed by atoms with Crippen LogP contribution in [0.25, 0.3) is 77.5 Å². The summed E-state index contributed by atoms with van der Waals surface area (Å²) >= 11 is 0. The van der Waals surface area contributed by atoms with Gasteiger partial charge in [0, 0.05) is 28.4 Å². The van der Waals surface area contributed by atoms with E-state index in [0.29, 0.717) is 11.5 Å². The molecule has 0 unspecified atom stereocenters. The molecule has 2 heterocycles. The molecule has 0 N–H and O–H groups in total. The van der Waals surface area contributed by atoms with Crippen LogP contribution in [0.15, 0.2) is 191 Å². The molecule has 2 aromatic heterocycles. The predicted molar refractivity (Wildman–Crippen MR) is 210 cm³/mol. The number of furan rings is 1. The quantitative estimate of drug-likeness (QED) is 0.179. The highest BCUT2D eigenvalue weighted by atomic mass is 16.4. The summed E-state index contributed by atoms with van der Waals surface area (Å²) in [5, 5.41) is 4.42. The van der Waals surface area contributed by atoms with E-state index in [-0.39, 0.29) is 0 Å². The van der Waals surface area contributed by atoms with E-state index in [0.717, 1.165) is 61.2 Å². The third-order valence-electron chi connectivity index (χ3n) is 9.68. The van der Waals surface area contributed by atoms with Gasteiger partial charge in [0.05, 0.1) is 11.1 Å². The first-order chi connectivity index (χ1) is 25.3. The predicted octanol–water partition coefficient (Wildman–Crippen LogP) is 13.4. The molecular weight excluding hydrogens is 625 g/mol. The molecule has 0 saturated heterocycles. The molecule has 10 aromatic rings. The van der Waals surface area contributed by atoms with Gasteiger partial charge in [-0.25, -0.2) is 4.98 Å². The van der Waals surface area contributed by atoms with E-state index in [9.17, 15) is 0 Å². The van der Waals surface area contributed by atoms with Crippen molar-refractivity contribution in [3.8, 4) is 33.7 Å². The van der Waals surface area contributed by atoms with E-state index in [1.54, 1.807) is 0 Å². The summed E-state index contributed by atoms with van der Waals surface area (Å²) in [5.41, 5.74) is 11.4. The van der Waals surface area contributed by atoms with Crippen molar-refractivity contribution in [2.45, 2.75) is 0 Å². The molecule has 51 heavy (non-hydrogen) atoms. The number of aromatic nitrogens is 1. The molecule has 8 aromatic carbocycles. The molecule has 0 spiro atoms. The minimum atomic E-state index is 0.563. The molecular formula is C47H30N2O2. The molecule has 0 aliphatic carbocycles. The number of anilines is 3. The summed E-state index contributed by atoms with van der Waals surface area (Å²) in [6.45, 7) is 0. The molecule has 0 fully saturated rings. The number of oxazole rings is 1. The maximum absolute atomic E-state index is 6.54. The van der Waals surface area contributed by atoms with Crippen LogP contribution >= 0.6 is 0 Å². The Morgan fingerprint density at radius 2 is 1.06 bits per heavy atom. The molecule has 10 rings (SSSR count). The Hall–Kier alpha value is -6.91. The zero-order valence-electron chi connectivity index (χ0n) is 27.5. The average molecular weight is 655 g/mol. The Kier molecular flexibility index (Phi) is 6.78. The van der Waals surface area contributed by atoms with Crippen molar-refractivity contribution in [1.29, 1.82) is 0 Å². The molecule has 0 aliphatic heterocycles. The van der Waals surface area contributed by atoms with Crippen LogP contribution in [-0.4, -0.2) is 4.98 Å². The summed E-state index contributed by atoms with van der Waals surface area (Å²) in [7, 11) is 0. The second kappa shape index (κ2) is 11.9. The van der Waals surface area contributed by atoms with Crippen LogP contribution in [0.2, 0.25) is 0 Å². The fourth-order valence-corrected chi connectivity index (χ4v) is 7.30. The summed E-state index contributed by atoms with van der Waals surface area (Å²) < 4.78 is 13.1. The summed E-state index contributed by atoms with van der Waals surface area (Å²) in [5.74, 6) is 0.563. The smallest absolute Gasteiger partial charge is 0.227 e. The first kappa shape index (κ1) is 29.0. The van der Waals surface area contributed by atoms with E-state index in [2.05, 4.69) is 132 Å². The van der Waals surface area contributed by atoms with E-state index in [4.69, 9.17) is 13.8 Å². The van der Waals surface area contributed by atoms with Gasteiger partial charge in [-0.05, 0) is 75.5 Å². The van der Waals surface area contributed by atoms with Crippen LogP contribution in [0.4, 0.5) is 17.1 Å². The van der Waals surface area contributed by atoms with Crippen LogP contribution in [0.3, 0.4) is 0 Å². The van der Waals surface area contributed by atoms with Crippen LogP contribution in [-0.2, 0) is 0 Å². The number of fused-ring (bicyclic) bond motifs is 5. The van der Waals surface area contributed by atoms with Gasteiger partial charge in [-0.2, -0.15) is 0 Å². The Morgan fingerprint density at radius 1 is 0.412 bits per heavy atom. The molecule has 0 radical (unpaired) electrons. The molecule has 240 valence electrons. The van der Waals surface area contributed by atoms with Gasteiger partial charge < -0.3 is 13.7 Å². The standard InChI is InChI=1S/C47H30N2O2/c1-3-13-31(14-4-1)32-25-27-36(28-26-32)49(37-20-11-19-35(29-37)39-23-12-18-33-15-7-8-21-38(33)39)46-44-40-22-9-10-24-41(40)50-42(44)30-43-45(46)48-47(51-43)34-16-5-2-6-17-34/h1-30H. The summed E-state index contributed by atoms with van der Waals surface area (Å²) in [4.78, 5) is 7.54. The Bertz CT molecular complexity index is 2850. The SMILES string of the molecule is c1ccc(-c2ccc(N(c3cccc(-c4cccc5ccccc45)c3)c3c4nc(-c5ccccc5)oc4cc4oc5ccccc5c34)cc2)cc1. The molecule has 0 saturated carbocycles. The van der Waals surface area contributed by atoms with Crippen molar-refractivity contribution in [2.24, 2.45) is 0 Å². The van der Waals surface area contributed by atoms with Crippen molar-refractivity contribution in [1.82, 2.24) is 4.98 Å². The number of benzene rings is 8. The lowest BCUT2D eigenvalue weighted by Crippen LogP contribution is -2.11. The highest BCUT2D eigenvalue weighted by molar-refractivity contribution is 6.20. The molecule has 0 aliphatic rings. The first-order valence-corrected chi connectivity index (χ1v) is 17.1. The van der Waals surface area contributed by atoms with Gasteiger partial charge in [0.15, 0.2) is 5.58 Å². The summed E-state index contributed by atoms with van der Waals surface area (Å²) in [6.07, 6.45) is 0. The zero-order valence-corrected chi connectivity index (χ0v) is 27.5. The number of para-hydroxylation sites is 1. The highest BCUT2D eigenvalue weighted by Crippen LogP contribution is 2.48. The van der Waals surface area contributed by atoms with Crippen molar-refractivity contribution >= 4 is 60.9 Å². The zero-order chi connectivity index (χ0) is 33.7. The number of rotatable bonds is 6. The number of nitrogens with zero attached hydrogens (tertiary/aromatic N) is 2. The van der Waals surface area contributed by atoms with Crippen molar-refractivity contribution in [3.63, 3.8) is 0 Å². The fourth-order valence-electron chi connectivity index (χ4n) is 7.30. The second-order valence-electron chi connectivity index (χ2n) is 12.8. The third-order valence-corrected chi connectivity index (χ3v) is 9.68. The Labute approximate surface area is 294 Å². The van der Waals surface area contributed by atoms with Gasteiger partial charge in [-0.15, -0.1) is 0 Å². The van der Waals surface area contributed by atoms with Crippen molar-refractivity contribution in [2.75, 3.05) is 4.90 Å². The lowest BCUT2D eigenvalue weighted by atomic mass is 9.97. The number of hydrogen-bond donors (Lipinski definition) is 0. The largest absolute Gasteiger partial charge is 0.456 e. The van der Waals surface area contributed by atoms with Gasteiger partial charge in [0.1, 0.15) is 16.7 Å². The Balaban J connectivity index is 1.27. The minimum Gasteiger partial charge on any atom is -0.456 e.